The number of hydrogen-bond donors (Lipinski definition) is 1. The molecule has 0 aliphatic heterocycles. The lowest BCUT2D eigenvalue weighted by molar-refractivity contribution is -0.0642. The topological polar surface area (TPSA) is 42.4 Å². The van der Waals surface area contributed by atoms with Crippen molar-refractivity contribution < 1.29 is 9.84 Å². The zero-order chi connectivity index (χ0) is 13.9. The summed E-state index contributed by atoms with van der Waals surface area (Å²) in [5.74, 6) is 0.112. The lowest BCUT2D eigenvalue weighted by atomic mass is 9.86. The summed E-state index contributed by atoms with van der Waals surface area (Å²) in [5.41, 5.74) is 0.986. The molecule has 1 aromatic heterocycles. The van der Waals surface area contributed by atoms with Crippen molar-refractivity contribution in [2.24, 2.45) is 5.92 Å². The van der Waals surface area contributed by atoms with Gasteiger partial charge in [-0.1, -0.05) is 38.1 Å². The maximum absolute atomic E-state index is 10.6. The average molecular weight is 259 g/mol. The van der Waals surface area contributed by atoms with Gasteiger partial charge in [0.05, 0.1) is 17.7 Å². The Kier molecular flexibility index (Phi) is 4.17. The van der Waals surface area contributed by atoms with Crippen molar-refractivity contribution >= 4 is 10.9 Å². The van der Waals surface area contributed by atoms with Crippen LogP contribution < -0.4 is 0 Å². The van der Waals surface area contributed by atoms with Crippen LogP contribution in [0.3, 0.4) is 0 Å². The monoisotopic (exact) mass is 259 g/mol. The van der Waals surface area contributed by atoms with Gasteiger partial charge in [-0.2, -0.15) is 0 Å². The van der Waals surface area contributed by atoms with Crippen LogP contribution in [0.1, 0.15) is 19.5 Å². The van der Waals surface area contributed by atoms with Crippen LogP contribution in [0.2, 0.25) is 0 Å². The Bertz CT molecular complexity index is 553. The zero-order valence-electron chi connectivity index (χ0n) is 11.8. The molecule has 19 heavy (non-hydrogen) atoms. The molecule has 2 rings (SSSR count). The molecule has 0 radical (unpaired) electrons. The van der Waals surface area contributed by atoms with Gasteiger partial charge < -0.3 is 9.84 Å². The molecular formula is C16H21NO2. The van der Waals surface area contributed by atoms with Crippen molar-refractivity contribution in [2.75, 3.05) is 13.7 Å². The predicted molar refractivity (Wildman–Crippen MR) is 77.1 cm³/mol. The Balaban J connectivity index is 2.29. The molecule has 2 aromatic rings. The molecule has 0 aliphatic rings. The Morgan fingerprint density at radius 1 is 1.21 bits per heavy atom. The molecule has 0 amide bonds. The third kappa shape index (κ3) is 3.11. The summed E-state index contributed by atoms with van der Waals surface area (Å²) in [6, 6.07) is 12.0. The van der Waals surface area contributed by atoms with Crippen LogP contribution in [0.5, 0.6) is 0 Å². The first-order valence-corrected chi connectivity index (χ1v) is 6.61. The number of fused-ring (bicyclic) bond motifs is 1. The maximum Gasteiger partial charge on any atom is 0.0957 e. The lowest BCUT2D eigenvalue weighted by Crippen LogP contribution is -2.42. The Morgan fingerprint density at radius 2 is 1.95 bits per heavy atom. The van der Waals surface area contributed by atoms with Crippen molar-refractivity contribution in [3.63, 3.8) is 0 Å². The number of methoxy groups -OCH3 is 1. The average Bonchev–Trinajstić information content (AvgIpc) is 2.38. The number of para-hydroxylation sites is 1. The Labute approximate surface area is 114 Å². The minimum absolute atomic E-state index is 0.112. The van der Waals surface area contributed by atoms with Gasteiger partial charge in [0, 0.05) is 24.6 Å². The van der Waals surface area contributed by atoms with E-state index in [0.29, 0.717) is 13.0 Å². The minimum Gasteiger partial charge on any atom is -0.387 e. The highest BCUT2D eigenvalue weighted by Gasteiger charge is 2.31. The predicted octanol–water partition coefficient (Wildman–Crippen LogP) is 2.81. The van der Waals surface area contributed by atoms with Gasteiger partial charge in [-0.3, -0.25) is 4.98 Å². The molecule has 3 heteroatoms. The van der Waals surface area contributed by atoms with E-state index in [1.807, 2.05) is 50.2 Å². The first-order chi connectivity index (χ1) is 9.05. The molecule has 1 heterocycles. The fraction of sp³-hybridized carbons (Fsp3) is 0.438. The number of hydrogen-bond acceptors (Lipinski definition) is 3. The number of nitrogens with zero attached hydrogens (tertiary/aromatic N) is 1. The van der Waals surface area contributed by atoms with E-state index < -0.39 is 5.60 Å². The maximum atomic E-state index is 10.6. The number of benzene rings is 1. The summed E-state index contributed by atoms with van der Waals surface area (Å²) < 4.78 is 5.15. The number of rotatable bonds is 5. The summed E-state index contributed by atoms with van der Waals surface area (Å²) in [7, 11) is 1.61. The second kappa shape index (κ2) is 5.68. The molecule has 0 fully saturated rings. The molecule has 0 bridgehead atoms. The molecule has 1 atom stereocenters. The van der Waals surface area contributed by atoms with Crippen molar-refractivity contribution in [3.8, 4) is 0 Å². The van der Waals surface area contributed by atoms with Gasteiger partial charge >= 0.3 is 0 Å². The zero-order valence-corrected chi connectivity index (χ0v) is 11.8. The van der Waals surface area contributed by atoms with Crippen molar-refractivity contribution in [2.45, 2.75) is 25.9 Å². The van der Waals surface area contributed by atoms with Crippen LogP contribution in [0.25, 0.3) is 10.9 Å². The van der Waals surface area contributed by atoms with Gasteiger partial charge in [0.2, 0.25) is 0 Å². The second-order valence-corrected chi connectivity index (χ2v) is 5.36. The molecule has 0 saturated carbocycles. The molecule has 1 aromatic carbocycles. The summed E-state index contributed by atoms with van der Waals surface area (Å²) in [6.45, 7) is 4.32. The van der Waals surface area contributed by atoms with Crippen LogP contribution in [0, 0.1) is 5.92 Å². The first-order valence-electron chi connectivity index (χ1n) is 6.61. The molecule has 3 nitrogen and oxygen atoms in total. The lowest BCUT2D eigenvalue weighted by Gasteiger charge is -2.31. The molecule has 0 saturated heterocycles. The molecule has 0 aliphatic carbocycles. The third-order valence-corrected chi connectivity index (χ3v) is 3.61. The van der Waals surface area contributed by atoms with Gasteiger partial charge in [0.1, 0.15) is 0 Å². The molecule has 102 valence electrons. The van der Waals surface area contributed by atoms with E-state index in [-0.39, 0.29) is 5.92 Å². The van der Waals surface area contributed by atoms with E-state index in [0.717, 1.165) is 16.6 Å². The SMILES string of the molecule is COCC(O)(Cc1ccc2ccccc2n1)C(C)C. The summed E-state index contributed by atoms with van der Waals surface area (Å²) in [4.78, 5) is 4.61. The quantitative estimate of drug-likeness (QED) is 0.897. The highest BCUT2D eigenvalue weighted by molar-refractivity contribution is 5.78. The van der Waals surface area contributed by atoms with Crippen LogP contribution in [0.15, 0.2) is 36.4 Å². The van der Waals surface area contributed by atoms with E-state index in [2.05, 4.69) is 4.98 Å². The van der Waals surface area contributed by atoms with Gasteiger partial charge in [-0.25, -0.2) is 0 Å². The molecular weight excluding hydrogens is 238 g/mol. The van der Waals surface area contributed by atoms with Crippen LogP contribution in [0.4, 0.5) is 0 Å². The molecule has 1 N–H and O–H groups in total. The van der Waals surface area contributed by atoms with Gasteiger partial charge in [-0.05, 0) is 18.1 Å². The summed E-state index contributed by atoms with van der Waals surface area (Å²) in [5, 5.41) is 11.8. The molecule has 0 spiro atoms. The number of pyridine rings is 1. The Hall–Kier alpha value is -1.45. The fourth-order valence-electron chi connectivity index (χ4n) is 2.19. The van der Waals surface area contributed by atoms with E-state index >= 15 is 0 Å². The van der Waals surface area contributed by atoms with Crippen molar-refractivity contribution in [1.82, 2.24) is 4.98 Å². The van der Waals surface area contributed by atoms with Crippen LogP contribution in [-0.4, -0.2) is 29.4 Å². The number of aliphatic hydroxyl groups is 1. The summed E-state index contributed by atoms with van der Waals surface area (Å²) >= 11 is 0. The highest BCUT2D eigenvalue weighted by Crippen LogP contribution is 2.23. The molecule has 1 unspecified atom stereocenters. The van der Waals surface area contributed by atoms with Crippen molar-refractivity contribution in [1.29, 1.82) is 0 Å². The van der Waals surface area contributed by atoms with Crippen LogP contribution in [-0.2, 0) is 11.2 Å². The van der Waals surface area contributed by atoms with Crippen LogP contribution >= 0.6 is 0 Å². The third-order valence-electron chi connectivity index (χ3n) is 3.61. The standard InChI is InChI=1S/C16H21NO2/c1-12(2)16(18,11-19-3)10-14-9-8-13-6-4-5-7-15(13)17-14/h4-9,12,18H,10-11H2,1-3H3. The fourth-order valence-corrected chi connectivity index (χ4v) is 2.19. The normalized spacial score (nSPS) is 14.8. The largest absolute Gasteiger partial charge is 0.387 e. The first kappa shape index (κ1) is 14.0. The van der Waals surface area contributed by atoms with E-state index in [1.54, 1.807) is 7.11 Å². The van der Waals surface area contributed by atoms with Gasteiger partial charge in [-0.15, -0.1) is 0 Å². The number of aromatic nitrogens is 1. The van der Waals surface area contributed by atoms with Gasteiger partial charge in [0.25, 0.3) is 0 Å². The van der Waals surface area contributed by atoms with E-state index in [9.17, 15) is 5.11 Å². The number of ether oxygens (including phenoxy) is 1. The van der Waals surface area contributed by atoms with Crippen molar-refractivity contribution in [3.05, 3.63) is 42.1 Å². The highest BCUT2D eigenvalue weighted by atomic mass is 16.5. The summed E-state index contributed by atoms with van der Waals surface area (Å²) in [6.07, 6.45) is 0.503. The minimum atomic E-state index is -0.871. The second-order valence-electron chi connectivity index (χ2n) is 5.36. The Morgan fingerprint density at radius 3 is 2.63 bits per heavy atom. The smallest absolute Gasteiger partial charge is 0.0957 e. The van der Waals surface area contributed by atoms with E-state index in [1.165, 1.54) is 0 Å². The van der Waals surface area contributed by atoms with E-state index in [4.69, 9.17) is 4.74 Å². The van der Waals surface area contributed by atoms with Gasteiger partial charge in [0.15, 0.2) is 0 Å².